The second-order valence-electron chi connectivity index (χ2n) is 5.97. The van der Waals surface area contributed by atoms with Crippen molar-refractivity contribution in [2.75, 3.05) is 11.5 Å². The molecule has 0 bridgehead atoms. The summed E-state index contributed by atoms with van der Waals surface area (Å²) in [7, 11) is -3.32. The van der Waals surface area contributed by atoms with Crippen LogP contribution in [0.2, 0.25) is 0 Å². The molecule has 0 saturated heterocycles. The normalized spacial score (nSPS) is 11.9. The van der Waals surface area contributed by atoms with Gasteiger partial charge in [-0.3, -0.25) is 4.79 Å². The number of Topliss-reactive ketones (excluding diaryl/α,β-unsaturated/α-hetero) is 1. The molecule has 0 saturated carbocycles. The summed E-state index contributed by atoms with van der Waals surface area (Å²) in [5.41, 5.74) is 3.35. The van der Waals surface area contributed by atoms with E-state index in [1.807, 2.05) is 46.8 Å². The van der Waals surface area contributed by atoms with Gasteiger partial charge < -0.3 is 0 Å². The number of hydrogen-bond acceptors (Lipinski definition) is 3. The number of benzene rings is 1. The van der Waals surface area contributed by atoms with Crippen LogP contribution in [-0.4, -0.2) is 25.7 Å². The topological polar surface area (TPSA) is 51.2 Å². The van der Waals surface area contributed by atoms with Gasteiger partial charge in [0.25, 0.3) is 0 Å². The highest BCUT2D eigenvalue weighted by atomic mass is 32.2. The van der Waals surface area contributed by atoms with E-state index in [9.17, 15) is 13.2 Å². The molecule has 1 aromatic carbocycles. The van der Waals surface area contributed by atoms with Gasteiger partial charge in [-0.2, -0.15) is 0 Å². The first-order chi connectivity index (χ1) is 9.12. The molecular formula is C16H24O3S. The smallest absolute Gasteiger partial charge is 0.178 e. The van der Waals surface area contributed by atoms with Crippen LogP contribution in [0.5, 0.6) is 0 Å². The third kappa shape index (κ3) is 4.75. The maximum absolute atomic E-state index is 12.3. The molecule has 0 fully saturated rings. The number of hydrogen-bond donors (Lipinski definition) is 0. The second kappa shape index (κ2) is 6.53. The summed E-state index contributed by atoms with van der Waals surface area (Å²) in [6.07, 6.45) is 0.599. The predicted molar refractivity (Wildman–Crippen MR) is 83.1 cm³/mol. The Hall–Kier alpha value is -1.16. The van der Waals surface area contributed by atoms with E-state index in [-0.39, 0.29) is 17.3 Å². The number of aryl methyl sites for hydroxylation is 3. The van der Waals surface area contributed by atoms with Crippen molar-refractivity contribution < 1.29 is 13.2 Å². The Morgan fingerprint density at radius 3 is 2.05 bits per heavy atom. The second-order valence-corrected chi connectivity index (χ2v) is 8.16. The molecule has 0 N–H and O–H groups in total. The van der Waals surface area contributed by atoms with E-state index in [1.165, 1.54) is 0 Å². The van der Waals surface area contributed by atoms with Gasteiger partial charge in [0.15, 0.2) is 15.6 Å². The van der Waals surface area contributed by atoms with Crippen LogP contribution in [0.15, 0.2) is 12.1 Å². The zero-order chi connectivity index (χ0) is 15.5. The van der Waals surface area contributed by atoms with Gasteiger partial charge in [0.2, 0.25) is 0 Å². The highest BCUT2D eigenvalue weighted by Gasteiger charge is 2.21. The van der Waals surface area contributed by atoms with Crippen molar-refractivity contribution >= 4 is 15.6 Å². The molecule has 112 valence electrons. The van der Waals surface area contributed by atoms with E-state index in [0.717, 1.165) is 16.7 Å². The van der Waals surface area contributed by atoms with Gasteiger partial charge in [0.1, 0.15) is 5.75 Å². The Labute approximate surface area is 122 Å². The lowest BCUT2D eigenvalue weighted by Gasteiger charge is -2.11. The van der Waals surface area contributed by atoms with E-state index < -0.39 is 9.84 Å². The molecule has 1 aromatic rings. The standard InChI is InChI=1S/C16H24O3S/c1-11(2)6-7-20(18,19)10-15(17)16-13(4)8-12(3)9-14(16)5/h8-9,11H,6-7,10H2,1-5H3. The van der Waals surface area contributed by atoms with Crippen LogP contribution in [0.4, 0.5) is 0 Å². The van der Waals surface area contributed by atoms with E-state index in [0.29, 0.717) is 17.9 Å². The molecule has 0 aliphatic rings. The molecule has 0 aromatic heterocycles. The fraction of sp³-hybridized carbons (Fsp3) is 0.562. The fourth-order valence-electron chi connectivity index (χ4n) is 2.38. The Balaban J connectivity index is 2.92. The summed E-state index contributed by atoms with van der Waals surface area (Å²) in [4.78, 5) is 12.3. The van der Waals surface area contributed by atoms with Crippen molar-refractivity contribution in [3.63, 3.8) is 0 Å². The third-order valence-corrected chi connectivity index (χ3v) is 4.87. The predicted octanol–water partition coefficient (Wildman–Crippen LogP) is 3.26. The molecule has 0 amide bonds. The van der Waals surface area contributed by atoms with Crippen molar-refractivity contribution in [1.29, 1.82) is 0 Å². The summed E-state index contributed by atoms with van der Waals surface area (Å²) >= 11 is 0. The van der Waals surface area contributed by atoms with E-state index in [2.05, 4.69) is 0 Å². The zero-order valence-corrected chi connectivity index (χ0v) is 13.8. The van der Waals surface area contributed by atoms with E-state index in [1.54, 1.807) is 0 Å². The van der Waals surface area contributed by atoms with Crippen LogP contribution in [0.3, 0.4) is 0 Å². The maximum Gasteiger partial charge on any atom is 0.178 e. The van der Waals surface area contributed by atoms with Gasteiger partial charge in [0, 0.05) is 5.56 Å². The van der Waals surface area contributed by atoms with Crippen molar-refractivity contribution in [3.05, 3.63) is 34.4 Å². The molecule has 0 spiro atoms. The van der Waals surface area contributed by atoms with Crippen molar-refractivity contribution in [3.8, 4) is 0 Å². The Kier molecular flexibility index (Phi) is 5.51. The monoisotopic (exact) mass is 296 g/mol. The molecule has 0 atom stereocenters. The Morgan fingerprint density at radius 2 is 1.60 bits per heavy atom. The van der Waals surface area contributed by atoms with Gasteiger partial charge in [-0.25, -0.2) is 8.42 Å². The minimum atomic E-state index is -3.32. The minimum absolute atomic E-state index is 0.0837. The van der Waals surface area contributed by atoms with Crippen LogP contribution in [-0.2, 0) is 9.84 Å². The van der Waals surface area contributed by atoms with Gasteiger partial charge in [0.05, 0.1) is 5.75 Å². The maximum atomic E-state index is 12.3. The van der Waals surface area contributed by atoms with Gasteiger partial charge in [-0.05, 0) is 44.2 Å². The lowest BCUT2D eigenvalue weighted by molar-refractivity contribution is 0.102. The van der Waals surface area contributed by atoms with Gasteiger partial charge in [-0.15, -0.1) is 0 Å². The van der Waals surface area contributed by atoms with Crippen molar-refractivity contribution in [1.82, 2.24) is 0 Å². The summed E-state index contributed by atoms with van der Waals surface area (Å²) in [6, 6.07) is 3.84. The molecule has 4 heteroatoms. The quantitative estimate of drug-likeness (QED) is 0.757. The first kappa shape index (κ1) is 16.9. The van der Waals surface area contributed by atoms with Gasteiger partial charge >= 0.3 is 0 Å². The number of ketones is 1. The Bertz CT molecular complexity index is 575. The average molecular weight is 296 g/mol. The van der Waals surface area contributed by atoms with Crippen LogP contribution >= 0.6 is 0 Å². The summed E-state index contributed by atoms with van der Waals surface area (Å²) in [5.74, 6) is -0.267. The number of carbonyl (C=O) groups excluding carboxylic acids is 1. The van der Waals surface area contributed by atoms with Gasteiger partial charge in [-0.1, -0.05) is 31.5 Å². The molecule has 0 heterocycles. The average Bonchev–Trinajstić information content (AvgIpc) is 2.24. The van der Waals surface area contributed by atoms with Crippen LogP contribution < -0.4 is 0 Å². The highest BCUT2D eigenvalue weighted by Crippen LogP contribution is 2.18. The lowest BCUT2D eigenvalue weighted by atomic mass is 9.97. The summed E-state index contributed by atoms with van der Waals surface area (Å²) < 4.78 is 24.0. The molecule has 0 radical (unpaired) electrons. The van der Waals surface area contributed by atoms with Crippen LogP contribution in [0.1, 0.15) is 47.3 Å². The van der Waals surface area contributed by atoms with E-state index >= 15 is 0 Å². The van der Waals surface area contributed by atoms with Crippen LogP contribution in [0.25, 0.3) is 0 Å². The summed E-state index contributed by atoms with van der Waals surface area (Å²) in [5, 5.41) is 0. The lowest BCUT2D eigenvalue weighted by Crippen LogP contribution is -2.21. The SMILES string of the molecule is Cc1cc(C)c(C(=O)CS(=O)(=O)CCC(C)C)c(C)c1. The van der Waals surface area contributed by atoms with Crippen LogP contribution in [0, 0.1) is 26.7 Å². The Morgan fingerprint density at radius 1 is 1.10 bits per heavy atom. The minimum Gasteiger partial charge on any atom is -0.293 e. The fourth-order valence-corrected chi connectivity index (χ4v) is 3.90. The molecular weight excluding hydrogens is 272 g/mol. The first-order valence-corrected chi connectivity index (χ1v) is 8.76. The molecule has 3 nitrogen and oxygen atoms in total. The molecule has 0 aliphatic carbocycles. The van der Waals surface area contributed by atoms with E-state index in [4.69, 9.17) is 0 Å². The van der Waals surface area contributed by atoms with Crippen molar-refractivity contribution in [2.24, 2.45) is 5.92 Å². The number of carbonyl (C=O) groups is 1. The summed E-state index contributed by atoms with van der Waals surface area (Å²) in [6.45, 7) is 9.63. The molecule has 0 unspecified atom stereocenters. The van der Waals surface area contributed by atoms with Crippen molar-refractivity contribution in [2.45, 2.75) is 41.0 Å². The number of rotatable bonds is 6. The zero-order valence-electron chi connectivity index (χ0n) is 13.0. The molecule has 0 aliphatic heterocycles. The largest absolute Gasteiger partial charge is 0.293 e. The highest BCUT2D eigenvalue weighted by molar-refractivity contribution is 7.92. The first-order valence-electron chi connectivity index (χ1n) is 6.94. The molecule has 1 rings (SSSR count). The molecule has 20 heavy (non-hydrogen) atoms. The number of sulfone groups is 1. The third-order valence-electron chi connectivity index (χ3n) is 3.31.